The third-order valence-electron chi connectivity index (χ3n) is 2.74. The number of nitrogens with zero attached hydrogens (tertiary/aromatic N) is 2. The molecule has 8 heteroatoms. The first-order valence-corrected chi connectivity index (χ1v) is 8.26. The minimum atomic E-state index is -0.342. The van der Waals surface area contributed by atoms with Crippen molar-refractivity contribution in [2.24, 2.45) is 0 Å². The normalized spacial score (nSPS) is 10.5. The number of thioether (sulfide) groups is 1. The third kappa shape index (κ3) is 4.35. The van der Waals surface area contributed by atoms with Gasteiger partial charge in [-0.25, -0.2) is 0 Å². The minimum Gasteiger partial charge on any atom is -0.493 e. The monoisotopic (exact) mass is 383 g/mol. The van der Waals surface area contributed by atoms with Crippen LogP contribution in [-0.4, -0.2) is 26.3 Å². The van der Waals surface area contributed by atoms with Crippen LogP contribution >= 0.6 is 27.7 Å². The number of hydrogen-bond donors (Lipinski definition) is 2. The van der Waals surface area contributed by atoms with Gasteiger partial charge in [-0.3, -0.25) is 14.2 Å². The largest absolute Gasteiger partial charge is 0.493 e. The molecule has 22 heavy (non-hydrogen) atoms. The van der Waals surface area contributed by atoms with Crippen LogP contribution in [0.2, 0.25) is 0 Å². The van der Waals surface area contributed by atoms with Gasteiger partial charge in [0, 0.05) is 16.7 Å². The average molecular weight is 384 g/mol. The van der Waals surface area contributed by atoms with E-state index in [1.807, 2.05) is 12.1 Å². The molecule has 0 fully saturated rings. The van der Waals surface area contributed by atoms with Crippen molar-refractivity contribution in [2.45, 2.75) is 18.6 Å². The van der Waals surface area contributed by atoms with Gasteiger partial charge >= 0.3 is 0 Å². The number of aromatic hydroxyl groups is 1. The highest BCUT2D eigenvalue weighted by Gasteiger charge is 2.10. The van der Waals surface area contributed by atoms with Crippen molar-refractivity contribution in [3.63, 3.8) is 0 Å². The number of nitrogens with one attached hydrogen (secondary N) is 1. The van der Waals surface area contributed by atoms with Crippen LogP contribution in [0.5, 0.6) is 5.88 Å². The fraction of sp³-hybridized carbons (Fsp3) is 0.214. The van der Waals surface area contributed by atoms with E-state index in [9.17, 15) is 14.7 Å². The summed E-state index contributed by atoms with van der Waals surface area (Å²) in [6.07, 6.45) is 0. The molecular formula is C14H14BrN3O3S. The molecule has 0 spiro atoms. The molecule has 116 valence electrons. The Balaban J connectivity index is 2.02. The van der Waals surface area contributed by atoms with Gasteiger partial charge < -0.3 is 10.4 Å². The van der Waals surface area contributed by atoms with Crippen molar-refractivity contribution in [1.82, 2.24) is 9.55 Å². The molecule has 1 amide bonds. The van der Waals surface area contributed by atoms with Crippen molar-refractivity contribution in [2.75, 3.05) is 11.1 Å². The summed E-state index contributed by atoms with van der Waals surface area (Å²) < 4.78 is 2.33. The SMILES string of the molecule is CCn1c(SCC(=O)Nc2ccc(Br)cc2)nc(O)cc1=O. The minimum absolute atomic E-state index is 0.0892. The molecule has 0 saturated heterocycles. The number of carbonyl (C=O) groups excluding carboxylic acids is 1. The maximum atomic E-state index is 11.9. The maximum Gasteiger partial charge on any atom is 0.257 e. The lowest BCUT2D eigenvalue weighted by Crippen LogP contribution is -2.22. The van der Waals surface area contributed by atoms with Crippen LogP contribution in [0.3, 0.4) is 0 Å². The molecule has 0 radical (unpaired) electrons. The number of aromatic nitrogens is 2. The molecule has 2 rings (SSSR count). The Hall–Kier alpha value is -1.80. The van der Waals surface area contributed by atoms with Gasteiger partial charge in [0.05, 0.1) is 11.8 Å². The fourth-order valence-corrected chi connectivity index (χ4v) is 2.86. The second-order valence-electron chi connectivity index (χ2n) is 4.32. The highest BCUT2D eigenvalue weighted by atomic mass is 79.9. The van der Waals surface area contributed by atoms with Gasteiger partial charge in [0.15, 0.2) is 5.16 Å². The number of anilines is 1. The summed E-state index contributed by atoms with van der Waals surface area (Å²) in [5.74, 6) is -0.468. The smallest absolute Gasteiger partial charge is 0.257 e. The van der Waals surface area contributed by atoms with Crippen LogP contribution in [-0.2, 0) is 11.3 Å². The summed E-state index contributed by atoms with van der Waals surface area (Å²) in [6.45, 7) is 2.22. The predicted octanol–water partition coefficient (Wildman–Crippen LogP) is 2.46. The molecule has 1 aromatic heterocycles. The molecule has 1 heterocycles. The van der Waals surface area contributed by atoms with E-state index in [4.69, 9.17) is 0 Å². The second-order valence-corrected chi connectivity index (χ2v) is 6.18. The molecular weight excluding hydrogens is 370 g/mol. The van der Waals surface area contributed by atoms with Crippen LogP contribution in [0.15, 0.2) is 44.8 Å². The molecule has 6 nitrogen and oxygen atoms in total. The van der Waals surface area contributed by atoms with Crippen molar-refractivity contribution in [3.05, 3.63) is 45.2 Å². The van der Waals surface area contributed by atoms with Gasteiger partial charge in [-0.15, -0.1) is 0 Å². The number of rotatable bonds is 5. The summed E-state index contributed by atoms with van der Waals surface area (Å²) >= 11 is 4.42. The first-order valence-electron chi connectivity index (χ1n) is 6.48. The van der Waals surface area contributed by atoms with E-state index in [0.717, 1.165) is 22.3 Å². The molecule has 0 bridgehead atoms. The van der Waals surface area contributed by atoms with Crippen LogP contribution in [0.25, 0.3) is 0 Å². The zero-order valence-corrected chi connectivity index (χ0v) is 14.1. The van der Waals surface area contributed by atoms with E-state index in [2.05, 4.69) is 26.2 Å². The number of benzene rings is 1. The van der Waals surface area contributed by atoms with Gasteiger partial charge in [-0.1, -0.05) is 27.7 Å². The average Bonchev–Trinajstić information content (AvgIpc) is 2.47. The van der Waals surface area contributed by atoms with Gasteiger partial charge in [-0.05, 0) is 31.2 Å². The van der Waals surface area contributed by atoms with E-state index in [1.165, 1.54) is 4.57 Å². The van der Waals surface area contributed by atoms with E-state index < -0.39 is 0 Å². The molecule has 0 aliphatic rings. The number of carbonyl (C=O) groups is 1. The summed E-state index contributed by atoms with van der Waals surface area (Å²) in [5.41, 5.74) is 0.344. The first kappa shape index (κ1) is 16.6. The number of amides is 1. The Morgan fingerprint density at radius 1 is 1.41 bits per heavy atom. The van der Waals surface area contributed by atoms with Crippen LogP contribution in [0.1, 0.15) is 6.92 Å². The van der Waals surface area contributed by atoms with Crippen LogP contribution in [0, 0.1) is 0 Å². The Kier molecular flexibility index (Phi) is 5.62. The lowest BCUT2D eigenvalue weighted by atomic mass is 10.3. The highest BCUT2D eigenvalue weighted by Crippen LogP contribution is 2.18. The number of halogens is 1. The first-order chi connectivity index (χ1) is 10.5. The lowest BCUT2D eigenvalue weighted by Gasteiger charge is -2.09. The van der Waals surface area contributed by atoms with Gasteiger partial charge in [0.1, 0.15) is 0 Å². The zero-order valence-electron chi connectivity index (χ0n) is 11.7. The molecule has 2 N–H and O–H groups in total. The Morgan fingerprint density at radius 3 is 2.73 bits per heavy atom. The number of hydrogen-bond acceptors (Lipinski definition) is 5. The molecule has 2 aromatic rings. The van der Waals surface area contributed by atoms with Crippen molar-refractivity contribution in [1.29, 1.82) is 0 Å². The maximum absolute atomic E-state index is 11.9. The molecule has 0 saturated carbocycles. The van der Waals surface area contributed by atoms with Gasteiger partial charge in [0.25, 0.3) is 5.56 Å². The van der Waals surface area contributed by atoms with Crippen molar-refractivity contribution >= 4 is 39.3 Å². The van der Waals surface area contributed by atoms with E-state index in [1.54, 1.807) is 19.1 Å². The molecule has 0 aliphatic carbocycles. The zero-order chi connectivity index (χ0) is 16.1. The summed E-state index contributed by atoms with van der Waals surface area (Å²) in [6, 6.07) is 8.26. The fourth-order valence-electron chi connectivity index (χ4n) is 1.73. The second kappa shape index (κ2) is 7.46. The highest BCUT2D eigenvalue weighted by molar-refractivity contribution is 9.10. The molecule has 1 aromatic carbocycles. The Labute approximate surface area is 139 Å². The summed E-state index contributed by atoms with van der Waals surface area (Å²) in [5, 5.41) is 12.5. The van der Waals surface area contributed by atoms with E-state index in [-0.39, 0.29) is 23.1 Å². The summed E-state index contributed by atoms with van der Waals surface area (Å²) in [7, 11) is 0. The quantitative estimate of drug-likeness (QED) is 0.611. The summed E-state index contributed by atoms with van der Waals surface area (Å²) in [4.78, 5) is 27.5. The van der Waals surface area contributed by atoms with Gasteiger partial charge in [0.2, 0.25) is 11.8 Å². The topological polar surface area (TPSA) is 84.2 Å². The standard InChI is InChI=1S/C14H14BrN3O3S/c1-2-18-13(21)7-11(19)17-14(18)22-8-12(20)16-10-5-3-9(15)4-6-10/h3-7,19H,2,8H2,1H3,(H,16,20). The lowest BCUT2D eigenvalue weighted by molar-refractivity contribution is -0.113. The predicted molar refractivity (Wildman–Crippen MR) is 89.3 cm³/mol. The Bertz CT molecular complexity index is 731. The Morgan fingerprint density at radius 2 is 2.09 bits per heavy atom. The van der Waals surface area contributed by atoms with Crippen LogP contribution in [0.4, 0.5) is 5.69 Å². The van der Waals surface area contributed by atoms with Crippen LogP contribution < -0.4 is 10.9 Å². The van der Waals surface area contributed by atoms with Gasteiger partial charge in [-0.2, -0.15) is 4.98 Å². The van der Waals surface area contributed by atoms with Crippen molar-refractivity contribution < 1.29 is 9.90 Å². The van der Waals surface area contributed by atoms with E-state index in [0.29, 0.717) is 17.4 Å². The molecule has 0 aliphatic heterocycles. The van der Waals surface area contributed by atoms with E-state index >= 15 is 0 Å². The molecule has 0 unspecified atom stereocenters. The van der Waals surface area contributed by atoms with Crippen molar-refractivity contribution in [3.8, 4) is 5.88 Å². The third-order valence-corrected chi connectivity index (χ3v) is 4.24. The molecule has 0 atom stereocenters.